The summed E-state index contributed by atoms with van der Waals surface area (Å²) in [4.78, 5) is 2.39. The van der Waals surface area contributed by atoms with E-state index in [1.54, 1.807) is 7.11 Å². The molecule has 0 bridgehead atoms. The average molecular weight is 313 g/mol. The van der Waals surface area contributed by atoms with Crippen LogP contribution >= 0.6 is 15.9 Å². The lowest BCUT2D eigenvalue weighted by Gasteiger charge is -2.19. The summed E-state index contributed by atoms with van der Waals surface area (Å²) < 4.78 is 6.52. The van der Waals surface area contributed by atoms with Crippen LogP contribution in [0.3, 0.4) is 0 Å². The van der Waals surface area contributed by atoms with Crippen LogP contribution < -0.4 is 10.1 Å². The fraction of sp³-hybridized carbons (Fsp3) is 0.571. The number of likely N-dealkylation sites (tertiary alicyclic amines) is 1. The third kappa shape index (κ3) is 2.81. The van der Waals surface area contributed by atoms with Crippen molar-refractivity contribution in [1.82, 2.24) is 4.90 Å². The van der Waals surface area contributed by atoms with Gasteiger partial charge in [-0.1, -0.05) is 15.9 Å². The lowest BCUT2D eigenvalue weighted by molar-refractivity contribution is 0.330. The van der Waals surface area contributed by atoms with Gasteiger partial charge in [0.05, 0.1) is 12.8 Å². The number of hydrogen-bond donors (Lipinski definition) is 1. The highest BCUT2D eigenvalue weighted by atomic mass is 79.9. The molecule has 1 fully saturated rings. The maximum Gasteiger partial charge on any atom is 0.143 e. The van der Waals surface area contributed by atoms with E-state index in [-0.39, 0.29) is 0 Å². The molecule has 1 aliphatic heterocycles. The van der Waals surface area contributed by atoms with Crippen molar-refractivity contribution < 1.29 is 4.74 Å². The second kappa shape index (κ2) is 5.49. The normalized spacial score (nSPS) is 24.3. The summed E-state index contributed by atoms with van der Waals surface area (Å²) in [6, 6.07) is 5.27. The molecular weight excluding hydrogens is 292 g/mol. The van der Waals surface area contributed by atoms with E-state index in [0.717, 1.165) is 22.5 Å². The van der Waals surface area contributed by atoms with Crippen molar-refractivity contribution in [2.24, 2.45) is 0 Å². The van der Waals surface area contributed by atoms with Crippen LogP contribution in [0.1, 0.15) is 18.9 Å². The number of likely N-dealkylation sites (N-methyl/N-ethyl adjacent to an activating group) is 1. The molecule has 1 heterocycles. The number of halogens is 1. The number of methoxy groups -OCH3 is 1. The molecule has 1 aliphatic rings. The highest BCUT2D eigenvalue weighted by molar-refractivity contribution is 9.10. The summed E-state index contributed by atoms with van der Waals surface area (Å²) in [6.07, 6.45) is 1.18. The molecule has 0 aliphatic carbocycles. The Kier molecular flexibility index (Phi) is 4.17. The van der Waals surface area contributed by atoms with Gasteiger partial charge in [-0.3, -0.25) is 0 Å². The first-order chi connectivity index (χ1) is 8.51. The molecule has 0 aromatic heterocycles. The van der Waals surface area contributed by atoms with Crippen LogP contribution in [0.4, 0.5) is 5.69 Å². The van der Waals surface area contributed by atoms with E-state index in [2.05, 4.69) is 53.1 Å². The third-order valence-corrected chi connectivity index (χ3v) is 4.18. The molecule has 2 atom stereocenters. The molecule has 0 saturated carbocycles. The van der Waals surface area contributed by atoms with Crippen LogP contribution in [0, 0.1) is 6.92 Å². The van der Waals surface area contributed by atoms with Crippen LogP contribution in [0.25, 0.3) is 0 Å². The van der Waals surface area contributed by atoms with Crippen LogP contribution in [-0.4, -0.2) is 37.7 Å². The predicted molar refractivity (Wildman–Crippen MR) is 79.6 cm³/mol. The first-order valence-corrected chi connectivity index (χ1v) is 7.11. The maximum absolute atomic E-state index is 5.46. The van der Waals surface area contributed by atoms with E-state index >= 15 is 0 Å². The number of benzene rings is 1. The van der Waals surface area contributed by atoms with E-state index in [9.17, 15) is 0 Å². The molecule has 100 valence electrons. The monoisotopic (exact) mass is 312 g/mol. The van der Waals surface area contributed by atoms with Gasteiger partial charge in [0, 0.05) is 23.1 Å². The number of hydrogen-bond acceptors (Lipinski definition) is 3. The zero-order valence-electron chi connectivity index (χ0n) is 11.5. The molecule has 1 aromatic rings. The molecule has 0 spiro atoms. The molecule has 1 aromatic carbocycles. The standard InChI is InChI=1S/C14H21BrN2O/c1-9-5-11(15)7-13(18-4)14(9)16-12-6-10(2)17(3)8-12/h5,7,10,12,16H,6,8H2,1-4H3. The van der Waals surface area contributed by atoms with E-state index in [1.807, 2.05) is 6.07 Å². The van der Waals surface area contributed by atoms with Gasteiger partial charge in [-0.05, 0) is 45.0 Å². The fourth-order valence-corrected chi connectivity index (χ4v) is 3.11. The minimum Gasteiger partial charge on any atom is -0.495 e. The minimum atomic E-state index is 0.499. The van der Waals surface area contributed by atoms with Crippen molar-refractivity contribution in [1.29, 1.82) is 0 Å². The lowest BCUT2D eigenvalue weighted by Crippen LogP contribution is -2.25. The van der Waals surface area contributed by atoms with Crippen molar-refractivity contribution >= 4 is 21.6 Å². The Labute approximate surface area is 118 Å². The summed E-state index contributed by atoms with van der Waals surface area (Å²) in [6.45, 7) is 5.46. The molecule has 0 amide bonds. The number of nitrogens with one attached hydrogen (secondary N) is 1. The first kappa shape index (κ1) is 13.7. The Morgan fingerprint density at radius 2 is 2.17 bits per heavy atom. The Morgan fingerprint density at radius 1 is 1.44 bits per heavy atom. The summed E-state index contributed by atoms with van der Waals surface area (Å²) in [5.41, 5.74) is 2.33. The Hall–Kier alpha value is -0.740. The van der Waals surface area contributed by atoms with Gasteiger partial charge in [0.2, 0.25) is 0 Å². The third-order valence-electron chi connectivity index (χ3n) is 3.72. The molecule has 1 N–H and O–H groups in total. The zero-order chi connectivity index (χ0) is 13.3. The SMILES string of the molecule is COc1cc(Br)cc(C)c1NC1CC(C)N(C)C1. The quantitative estimate of drug-likeness (QED) is 0.927. The molecule has 18 heavy (non-hydrogen) atoms. The summed E-state index contributed by atoms with van der Waals surface area (Å²) in [5.74, 6) is 0.907. The fourth-order valence-electron chi connectivity index (χ4n) is 2.56. The molecule has 3 nitrogen and oxygen atoms in total. The minimum absolute atomic E-state index is 0.499. The second-order valence-electron chi connectivity index (χ2n) is 5.17. The Morgan fingerprint density at radius 3 is 2.72 bits per heavy atom. The van der Waals surface area contributed by atoms with Gasteiger partial charge in [0.25, 0.3) is 0 Å². The van der Waals surface area contributed by atoms with Gasteiger partial charge in [-0.2, -0.15) is 0 Å². The molecule has 1 saturated heterocycles. The van der Waals surface area contributed by atoms with Gasteiger partial charge in [-0.25, -0.2) is 0 Å². The number of anilines is 1. The van der Waals surface area contributed by atoms with Gasteiger partial charge in [-0.15, -0.1) is 0 Å². The molecule has 2 unspecified atom stereocenters. The van der Waals surface area contributed by atoms with E-state index in [0.29, 0.717) is 12.1 Å². The predicted octanol–water partition coefficient (Wildman–Crippen LogP) is 3.27. The Bertz CT molecular complexity index is 426. The number of nitrogens with zero attached hydrogens (tertiary/aromatic N) is 1. The lowest BCUT2D eigenvalue weighted by atomic mass is 10.1. The summed E-state index contributed by atoms with van der Waals surface area (Å²) >= 11 is 3.50. The topological polar surface area (TPSA) is 24.5 Å². The van der Waals surface area contributed by atoms with Gasteiger partial charge >= 0.3 is 0 Å². The van der Waals surface area contributed by atoms with Crippen molar-refractivity contribution in [3.63, 3.8) is 0 Å². The number of aryl methyl sites for hydroxylation is 1. The van der Waals surface area contributed by atoms with Crippen molar-refractivity contribution in [3.8, 4) is 5.75 Å². The molecule has 0 radical (unpaired) electrons. The molecular formula is C14H21BrN2O. The van der Waals surface area contributed by atoms with Crippen molar-refractivity contribution in [2.45, 2.75) is 32.4 Å². The maximum atomic E-state index is 5.46. The molecule has 2 rings (SSSR count). The van der Waals surface area contributed by atoms with Gasteiger partial charge in [0.15, 0.2) is 0 Å². The largest absolute Gasteiger partial charge is 0.495 e. The first-order valence-electron chi connectivity index (χ1n) is 6.32. The molecule has 4 heteroatoms. The Balaban J connectivity index is 2.19. The van der Waals surface area contributed by atoms with Crippen LogP contribution in [0.2, 0.25) is 0 Å². The highest BCUT2D eigenvalue weighted by Gasteiger charge is 2.26. The van der Waals surface area contributed by atoms with Crippen LogP contribution in [-0.2, 0) is 0 Å². The van der Waals surface area contributed by atoms with Crippen LogP contribution in [0.15, 0.2) is 16.6 Å². The highest BCUT2D eigenvalue weighted by Crippen LogP contribution is 2.33. The van der Waals surface area contributed by atoms with E-state index in [4.69, 9.17) is 4.74 Å². The summed E-state index contributed by atoms with van der Waals surface area (Å²) in [5, 5.41) is 3.63. The number of ether oxygens (including phenoxy) is 1. The van der Waals surface area contributed by atoms with Gasteiger partial charge in [0.1, 0.15) is 5.75 Å². The van der Waals surface area contributed by atoms with Crippen LogP contribution in [0.5, 0.6) is 5.75 Å². The van der Waals surface area contributed by atoms with Gasteiger partial charge < -0.3 is 15.0 Å². The van der Waals surface area contributed by atoms with E-state index < -0.39 is 0 Å². The zero-order valence-corrected chi connectivity index (χ0v) is 13.0. The smallest absolute Gasteiger partial charge is 0.143 e. The second-order valence-corrected chi connectivity index (χ2v) is 6.08. The number of rotatable bonds is 3. The van der Waals surface area contributed by atoms with E-state index in [1.165, 1.54) is 12.0 Å². The van der Waals surface area contributed by atoms with Crippen molar-refractivity contribution in [2.75, 3.05) is 26.0 Å². The average Bonchev–Trinajstić information content (AvgIpc) is 2.61. The van der Waals surface area contributed by atoms with Crippen molar-refractivity contribution in [3.05, 3.63) is 22.2 Å². The summed E-state index contributed by atoms with van der Waals surface area (Å²) in [7, 11) is 3.90.